The highest BCUT2D eigenvalue weighted by molar-refractivity contribution is 7.89. The average molecular weight is 308 g/mol. The first-order chi connectivity index (χ1) is 8.12. The van der Waals surface area contributed by atoms with E-state index in [4.69, 9.17) is 11.6 Å². The van der Waals surface area contributed by atoms with E-state index in [-0.39, 0.29) is 17.7 Å². The van der Waals surface area contributed by atoms with Gasteiger partial charge in [0.05, 0.1) is 5.75 Å². The Kier molecular flexibility index (Phi) is 5.32. The summed E-state index contributed by atoms with van der Waals surface area (Å²) in [4.78, 5) is 0. The van der Waals surface area contributed by atoms with E-state index >= 15 is 0 Å². The molecule has 1 fully saturated rings. The van der Waals surface area contributed by atoms with Gasteiger partial charge in [0.2, 0.25) is 10.0 Å². The summed E-state index contributed by atoms with van der Waals surface area (Å²) >= 11 is 5.98. The standard InChI is InChI=1S/C10H17ClF3NO2S/c1-8-7-15(5-3-9(8)11)18(16,17)6-2-4-10(12,13)14/h8-9H,2-7H2,1H3. The molecule has 0 amide bonds. The summed E-state index contributed by atoms with van der Waals surface area (Å²) in [5.74, 6) is -0.426. The van der Waals surface area contributed by atoms with Gasteiger partial charge in [0, 0.05) is 24.9 Å². The first kappa shape index (κ1) is 16.0. The lowest BCUT2D eigenvalue weighted by Gasteiger charge is -2.33. The molecule has 8 heteroatoms. The molecule has 0 spiro atoms. The maximum Gasteiger partial charge on any atom is 0.389 e. The molecule has 2 atom stereocenters. The quantitative estimate of drug-likeness (QED) is 0.749. The molecule has 0 bridgehead atoms. The van der Waals surface area contributed by atoms with Gasteiger partial charge < -0.3 is 0 Å². The van der Waals surface area contributed by atoms with Crippen LogP contribution in [-0.2, 0) is 10.0 Å². The predicted molar refractivity (Wildman–Crippen MR) is 64.1 cm³/mol. The van der Waals surface area contributed by atoms with E-state index < -0.39 is 28.4 Å². The van der Waals surface area contributed by atoms with Crippen LogP contribution in [0.5, 0.6) is 0 Å². The van der Waals surface area contributed by atoms with Crippen molar-refractivity contribution < 1.29 is 21.6 Å². The number of hydrogen-bond acceptors (Lipinski definition) is 2. The van der Waals surface area contributed by atoms with Crippen LogP contribution in [0.3, 0.4) is 0 Å². The Labute approximate surface area is 110 Å². The highest BCUT2D eigenvalue weighted by Crippen LogP contribution is 2.25. The lowest BCUT2D eigenvalue weighted by molar-refractivity contribution is -0.134. The Balaban J connectivity index is 2.49. The van der Waals surface area contributed by atoms with Crippen LogP contribution in [0, 0.1) is 5.92 Å². The van der Waals surface area contributed by atoms with Gasteiger partial charge in [-0.3, -0.25) is 0 Å². The summed E-state index contributed by atoms with van der Waals surface area (Å²) in [6.07, 6.45) is -5.21. The summed E-state index contributed by atoms with van der Waals surface area (Å²) in [6, 6.07) is 0. The van der Waals surface area contributed by atoms with Gasteiger partial charge in [-0.15, -0.1) is 11.6 Å². The number of sulfonamides is 1. The summed E-state index contributed by atoms with van der Waals surface area (Å²) in [6.45, 7) is 2.43. The first-order valence-electron chi connectivity index (χ1n) is 5.80. The smallest absolute Gasteiger partial charge is 0.212 e. The molecule has 0 aromatic rings. The Morgan fingerprint density at radius 1 is 1.39 bits per heavy atom. The molecule has 1 rings (SSSR count). The molecule has 0 N–H and O–H groups in total. The van der Waals surface area contributed by atoms with Gasteiger partial charge >= 0.3 is 6.18 Å². The highest BCUT2D eigenvalue weighted by Gasteiger charge is 2.33. The van der Waals surface area contributed by atoms with Crippen molar-refractivity contribution in [2.75, 3.05) is 18.8 Å². The molecule has 18 heavy (non-hydrogen) atoms. The van der Waals surface area contributed by atoms with E-state index in [1.165, 1.54) is 4.31 Å². The van der Waals surface area contributed by atoms with Crippen molar-refractivity contribution in [1.82, 2.24) is 4.31 Å². The fraction of sp³-hybridized carbons (Fsp3) is 1.00. The molecule has 0 aromatic carbocycles. The normalized spacial score (nSPS) is 27.4. The van der Waals surface area contributed by atoms with Gasteiger partial charge in [-0.2, -0.15) is 13.2 Å². The molecule has 2 unspecified atom stereocenters. The van der Waals surface area contributed by atoms with E-state index in [0.29, 0.717) is 19.5 Å². The third kappa shape index (κ3) is 4.93. The summed E-state index contributed by atoms with van der Waals surface area (Å²) in [7, 11) is -3.59. The third-order valence-corrected chi connectivity index (χ3v) is 5.59. The van der Waals surface area contributed by atoms with Crippen LogP contribution >= 0.6 is 11.6 Å². The van der Waals surface area contributed by atoms with Crippen LogP contribution in [0.25, 0.3) is 0 Å². The maximum atomic E-state index is 12.0. The number of alkyl halides is 4. The second kappa shape index (κ2) is 5.96. The van der Waals surface area contributed by atoms with Crippen LogP contribution < -0.4 is 0 Å². The summed E-state index contributed by atoms with van der Waals surface area (Å²) in [5, 5.41) is -0.0633. The second-order valence-electron chi connectivity index (χ2n) is 4.67. The number of piperidine rings is 1. The molecule has 3 nitrogen and oxygen atoms in total. The molecule has 1 aliphatic rings. The largest absolute Gasteiger partial charge is 0.389 e. The fourth-order valence-corrected chi connectivity index (χ4v) is 3.71. The van der Waals surface area contributed by atoms with Crippen LogP contribution in [0.1, 0.15) is 26.2 Å². The van der Waals surface area contributed by atoms with Gasteiger partial charge in [-0.1, -0.05) is 6.92 Å². The molecular weight excluding hydrogens is 291 g/mol. The van der Waals surface area contributed by atoms with Crippen molar-refractivity contribution in [2.45, 2.75) is 37.7 Å². The van der Waals surface area contributed by atoms with Crippen LogP contribution in [-0.4, -0.2) is 43.1 Å². The summed E-state index contributed by atoms with van der Waals surface area (Å²) in [5.41, 5.74) is 0. The molecular formula is C10H17ClF3NO2S. The van der Waals surface area contributed by atoms with E-state index in [0.717, 1.165) is 0 Å². The minimum Gasteiger partial charge on any atom is -0.212 e. The van der Waals surface area contributed by atoms with Crippen molar-refractivity contribution in [1.29, 1.82) is 0 Å². The van der Waals surface area contributed by atoms with Crippen molar-refractivity contribution in [3.63, 3.8) is 0 Å². The first-order valence-corrected chi connectivity index (χ1v) is 7.85. The lowest BCUT2D eigenvalue weighted by atomic mass is 10.0. The predicted octanol–water partition coefficient (Wildman–Crippen LogP) is 2.61. The van der Waals surface area contributed by atoms with Crippen molar-refractivity contribution in [3.05, 3.63) is 0 Å². The molecule has 0 radical (unpaired) electrons. The maximum absolute atomic E-state index is 12.0. The Bertz CT molecular complexity index is 372. The van der Waals surface area contributed by atoms with E-state index in [2.05, 4.69) is 0 Å². The minimum atomic E-state index is -4.30. The van der Waals surface area contributed by atoms with Crippen molar-refractivity contribution in [3.8, 4) is 0 Å². The van der Waals surface area contributed by atoms with Crippen LogP contribution in [0.2, 0.25) is 0 Å². The molecule has 108 valence electrons. The third-order valence-electron chi connectivity index (χ3n) is 3.02. The van der Waals surface area contributed by atoms with Crippen molar-refractivity contribution >= 4 is 21.6 Å². The number of nitrogens with zero attached hydrogens (tertiary/aromatic N) is 1. The van der Waals surface area contributed by atoms with Crippen LogP contribution in [0.4, 0.5) is 13.2 Å². The molecule has 1 saturated heterocycles. The minimum absolute atomic E-state index is 0.0257. The number of halogens is 4. The zero-order valence-corrected chi connectivity index (χ0v) is 11.7. The zero-order valence-electron chi connectivity index (χ0n) is 10.1. The van der Waals surface area contributed by atoms with Gasteiger partial charge in [0.25, 0.3) is 0 Å². The van der Waals surface area contributed by atoms with E-state index in [1.807, 2.05) is 6.92 Å². The molecule has 0 aliphatic carbocycles. The SMILES string of the molecule is CC1CN(S(=O)(=O)CCCC(F)(F)F)CCC1Cl. The molecule has 0 aromatic heterocycles. The fourth-order valence-electron chi connectivity index (χ4n) is 1.92. The summed E-state index contributed by atoms with van der Waals surface area (Å²) < 4.78 is 60.8. The highest BCUT2D eigenvalue weighted by atomic mass is 35.5. The van der Waals surface area contributed by atoms with Crippen LogP contribution in [0.15, 0.2) is 0 Å². The second-order valence-corrected chi connectivity index (χ2v) is 7.32. The number of rotatable bonds is 4. The Hall–Kier alpha value is -0.0100. The monoisotopic (exact) mass is 307 g/mol. The van der Waals surface area contributed by atoms with Gasteiger partial charge in [0.1, 0.15) is 0 Å². The van der Waals surface area contributed by atoms with E-state index in [1.54, 1.807) is 0 Å². The molecule has 1 heterocycles. The van der Waals surface area contributed by atoms with E-state index in [9.17, 15) is 21.6 Å². The average Bonchev–Trinajstić information content (AvgIpc) is 2.19. The number of hydrogen-bond donors (Lipinski definition) is 0. The van der Waals surface area contributed by atoms with Gasteiger partial charge in [0.15, 0.2) is 0 Å². The molecule has 0 saturated carbocycles. The molecule has 1 aliphatic heterocycles. The van der Waals surface area contributed by atoms with Crippen molar-refractivity contribution in [2.24, 2.45) is 5.92 Å². The van der Waals surface area contributed by atoms with Gasteiger partial charge in [-0.05, 0) is 18.8 Å². The topological polar surface area (TPSA) is 37.4 Å². The lowest BCUT2D eigenvalue weighted by Crippen LogP contribution is -2.44. The zero-order chi connectivity index (χ0) is 14.0. The van der Waals surface area contributed by atoms with Gasteiger partial charge in [-0.25, -0.2) is 12.7 Å². The Morgan fingerprint density at radius 2 is 2.00 bits per heavy atom. The Morgan fingerprint density at radius 3 is 2.50 bits per heavy atom.